The van der Waals surface area contributed by atoms with Gasteiger partial charge in [0.15, 0.2) is 0 Å². The maximum atomic E-state index is 14.0. The van der Waals surface area contributed by atoms with Gasteiger partial charge >= 0.3 is 6.03 Å². The summed E-state index contributed by atoms with van der Waals surface area (Å²) < 4.78 is 19.6. The van der Waals surface area contributed by atoms with Crippen molar-refractivity contribution < 1.29 is 28.3 Å². The Morgan fingerprint density at radius 3 is 2.84 bits per heavy atom. The summed E-state index contributed by atoms with van der Waals surface area (Å²) in [6.45, 7) is 5.92. The Labute approximate surface area is 261 Å². The number of rotatable bonds is 10. The van der Waals surface area contributed by atoms with Gasteiger partial charge in [0.1, 0.15) is 5.82 Å². The summed E-state index contributed by atoms with van der Waals surface area (Å²) in [5.41, 5.74) is 8.00. The van der Waals surface area contributed by atoms with E-state index in [-0.39, 0.29) is 48.9 Å². The summed E-state index contributed by atoms with van der Waals surface area (Å²) in [7, 11) is 0. The fourth-order valence-corrected chi connectivity index (χ4v) is 5.90. The van der Waals surface area contributed by atoms with Gasteiger partial charge in [0.05, 0.1) is 43.5 Å². The number of urea groups is 1. The summed E-state index contributed by atoms with van der Waals surface area (Å²) in [5.74, 6) is -0.933. The third-order valence-corrected chi connectivity index (χ3v) is 8.61. The van der Waals surface area contributed by atoms with Crippen LogP contribution in [0.3, 0.4) is 0 Å². The number of morpholine rings is 1. The Morgan fingerprint density at radius 1 is 1.16 bits per heavy atom. The number of piperazine rings is 1. The second-order valence-electron chi connectivity index (χ2n) is 11.1. The van der Waals surface area contributed by atoms with E-state index in [0.29, 0.717) is 38.4 Å². The van der Waals surface area contributed by atoms with E-state index in [1.165, 1.54) is 29.0 Å². The van der Waals surface area contributed by atoms with Crippen LogP contribution in [0.5, 0.6) is 0 Å². The van der Waals surface area contributed by atoms with Crippen LogP contribution >= 0.6 is 11.6 Å². The minimum absolute atomic E-state index is 0.0296. The van der Waals surface area contributed by atoms with Gasteiger partial charge in [0.25, 0.3) is 0 Å². The Bertz CT molecular complexity index is 1380. The maximum absolute atomic E-state index is 14.0. The molecule has 2 saturated heterocycles. The molecule has 3 aliphatic rings. The smallest absolute Gasteiger partial charge is 0.345 e. The van der Waals surface area contributed by atoms with Crippen LogP contribution in [-0.4, -0.2) is 95.6 Å². The van der Waals surface area contributed by atoms with E-state index in [2.05, 4.69) is 15.8 Å². The molecule has 0 bridgehead atoms. The van der Waals surface area contributed by atoms with Gasteiger partial charge in [-0.3, -0.25) is 29.2 Å². The van der Waals surface area contributed by atoms with Crippen molar-refractivity contribution in [1.82, 2.24) is 30.6 Å². The first kappa shape index (κ1) is 31.9. The van der Waals surface area contributed by atoms with E-state index in [0.717, 1.165) is 24.2 Å². The first-order valence-corrected chi connectivity index (χ1v) is 15.2. The van der Waals surface area contributed by atoms with Crippen LogP contribution in [0.1, 0.15) is 36.5 Å². The largest absolute Gasteiger partial charge is 0.378 e. The standard InChI is InChI=1S/C31H38ClFN6O5/c1-22(40)39(34-17-24-7-4-8-28(33)30(24)32)26(9-10-29(41)37-14-13-36-15-16-43-20-27(36)19-37)21-44-35-31(42)38-12-11-23-5-2-3-6-25(23)18-38/h2-8,11-12,26-27,34H,9-10,13-21H2,1H3,(H,35,42)/t26-,27?/m0/s1. The van der Waals surface area contributed by atoms with Crippen molar-refractivity contribution in [3.8, 4) is 0 Å². The van der Waals surface area contributed by atoms with Gasteiger partial charge in [-0.2, -0.15) is 0 Å². The molecule has 4 amide bonds. The number of nitrogens with one attached hydrogen (secondary N) is 2. The number of hydrogen-bond acceptors (Lipinski definition) is 7. The molecule has 0 aromatic heterocycles. The molecule has 0 saturated carbocycles. The van der Waals surface area contributed by atoms with E-state index in [1.54, 1.807) is 12.3 Å². The number of nitrogens with zero attached hydrogens (tertiary/aromatic N) is 4. The minimum atomic E-state index is -0.638. The molecule has 0 spiro atoms. The van der Waals surface area contributed by atoms with Crippen LogP contribution in [0.25, 0.3) is 6.08 Å². The van der Waals surface area contributed by atoms with E-state index < -0.39 is 17.9 Å². The number of benzene rings is 2. The lowest BCUT2D eigenvalue weighted by atomic mass is 10.0. The third kappa shape index (κ3) is 7.93. The summed E-state index contributed by atoms with van der Waals surface area (Å²) in [4.78, 5) is 50.3. The van der Waals surface area contributed by atoms with Gasteiger partial charge in [-0.05, 0) is 35.3 Å². The molecular formula is C31H38ClFN6O5. The van der Waals surface area contributed by atoms with Crippen molar-refractivity contribution in [3.05, 3.63) is 76.2 Å². The fourth-order valence-electron chi connectivity index (χ4n) is 5.71. The lowest BCUT2D eigenvalue weighted by molar-refractivity contribution is -0.141. The molecule has 2 aromatic carbocycles. The fraction of sp³-hybridized carbons (Fsp3) is 0.452. The third-order valence-electron chi connectivity index (χ3n) is 8.18. The monoisotopic (exact) mass is 628 g/mol. The molecule has 0 radical (unpaired) electrons. The van der Waals surface area contributed by atoms with Gasteiger partial charge < -0.3 is 9.64 Å². The van der Waals surface area contributed by atoms with Crippen molar-refractivity contribution in [1.29, 1.82) is 0 Å². The molecule has 5 rings (SSSR count). The molecule has 1 unspecified atom stereocenters. The SMILES string of the molecule is CC(=O)N(NCc1cccc(F)c1Cl)[C@@H](CCC(=O)N1CCN2CCOCC2C1)CONC(=O)N1C=Cc2ccccc2C1. The van der Waals surface area contributed by atoms with Crippen LogP contribution in [-0.2, 0) is 32.3 Å². The van der Waals surface area contributed by atoms with Gasteiger partial charge in [0.2, 0.25) is 11.8 Å². The van der Waals surface area contributed by atoms with Gasteiger partial charge in [0, 0.05) is 52.3 Å². The van der Waals surface area contributed by atoms with Crippen LogP contribution in [0.2, 0.25) is 5.02 Å². The van der Waals surface area contributed by atoms with Crippen LogP contribution in [0.15, 0.2) is 48.7 Å². The van der Waals surface area contributed by atoms with Crippen LogP contribution in [0.4, 0.5) is 9.18 Å². The number of carbonyl (C=O) groups is 3. The molecule has 236 valence electrons. The number of hydroxylamine groups is 1. The number of hydrogen-bond donors (Lipinski definition) is 2. The topological polar surface area (TPSA) is 107 Å². The molecule has 3 aliphatic heterocycles. The Hall–Kier alpha value is -3.55. The molecular weight excluding hydrogens is 591 g/mol. The van der Waals surface area contributed by atoms with Crippen LogP contribution < -0.4 is 10.9 Å². The van der Waals surface area contributed by atoms with E-state index in [9.17, 15) is 18.8 Å². The van der Waals surface area contributed by atoms with Crippen LogP contribution in [0, 0.1) is 5.82 Å². The molecule has 2 fully saturated rings. The molecule has 13 heteroatoms. The van der Waals surface area contributed by atoms with E-state index in [4.69, 9.17) is 21.2 Å². The van der Waals surface area contributed by atoms with Crippen molar-refractivity contribution >= 4 is 35.5 Å². The number of ether oxygens (including phenoxy) is 1. The summed E-state index contributed by atoms with van der Waals surface area (Å²) in [6, 6.07) is 11.3. The van der Waals surface area contributed by atoms with Gasteiger partial charge in [-0.15, -0.1) is 0 Å². The number of carbonyl (C=O) groups excluding carboxylic acids is 3. The summed E-state index contributed by atoms with van der Waals surface area (Å²) in [5, 5.41) is 1.31. The number of fused-ring (bicyclic) bond motifs is 2. The van der Waals surface area contributed by atoms with E-state index >= 15 is 0 Å². The highest BCUT2D eigenvalue weighted by Crippen LogP contribution is 2.21. The maximum Gasteiger partial charge on any atom is 0.345 e. The quantitative estimate of drug-likeness (QED) is 0.390. The highest BCUT2D eigenvalue weighted by Gasteiger charge is 2.32. The Balaban J connectivity index is 1.21. The predicted octanol–water partition coefficient (Wildman–Crippen LogP) is 3.15. The molecule has 0 aliphatic carbocycles. The molecule has 2 aromatic rings. The highest BCUT2D eigenvalue weighted by atomic mass is 35.5. The average molecular weight is 629 g/mol. The van der Waals surface area contributed by atoms with Crippen molar-refractivity contribution in [2.24, 2.45) is 0 Å². The van der Waals surface area contributed by atoms with Crippen molar-refractivity contribution in [2.75, 3.05) is 46.0 Å². The molecule has 2 N–H and O–H groups in total. The Kier molecular flexibility index (Phi) is 10.8. The lowest BCUT2D eigenvalue weighted by Gasteiger charge is -2.43. The van der Waals surface area contributed by atoms with Gasteiger partial charge in [-0.25, -0.2) is 20.1 Å². The summed E-state index contributed by atoms with van der Waals surface area (Å²) >= 11 is 6.13. The normalized spacial score (nSPS) is 18.8. The Morgan fingerprint density at radius 2 is 2.00 bits per heavy atom. The predicted molar refractivity (Wildman–Crippen MR) is 162 cm³/mol. The zero-order chi connectivity index (χ0) is 31.1. The number of amides is 4. The highest BCUT2D eigenvalue weighted by molar-refractivity contribution is 6.31. The van der Waals surface area contributed by atoms with Gasteiger partial charge in [-0.1, -0.05) is 48.0 Å². The van der Waals surface area contributed by atoms with Crippen molar-refractivity contribution in [3.63, 3.8) is 0 Å². The minimum Gasteiger partial charge on any atom is -0.378 e. The number of hydrazine groups is 1. The van der Waals surface area contributed by atoms with E-state index in [1.807, 2.05) is 35.2 Å². The molecule has 44 heavy (non-hydrogen) atoms. The first-order valence-electron chi connectivity index (χ1n) is 14.8. The zero-order valence-electron chi connectivity index (χ0n) is 24.7. The number of halogens is 2. The molecule has 11 nitrogen and oxygen atoms in total. The lowest BCUT2D eigenvalue weighted by Crippen LogP contribution is -2.59. The second-order valence-corrected chi connectivity index (χ2v) is 11.5. The summed E-state index contributed by atoms with van der Waals surface area (Å²) in [6.07, 6.45) is 3.95. The second kappa shape index (κ2) is 15.0. The average Bonchev–Trinajstić information content (AvgIpc) is 3.04. The first-order chi connectivity index (χ1) is 21.3. The zero-order valence-corrected chi connectivity index (χ0v) is 25.5. The van der Waals surface area contributed by atoms with Crippen molar-refractivity contribution in [2.45, 2.75) is 44.9 Å². The molecule has 3 heterocycles. The molecule has 2 atom stereocenters.